The average Bonchev–Trinajstić information content (AvgIpc) is 3.03. The minimum atomic E-state index is -0.760. The third-order valence-corrected chi connectivity index (χ3v) is 4.30. The van der Waals surface area contributed by atoms with Gasteiger partial charge in [-0.3, -0.25) is 5.32 Å². The molecule has 7 nitrogen and oxygen atoms in total. The molecule has 6 N–H and O–H groups in total. The summed E-state index contributed by atoms with van der Waals surface area (Å²) in [6.07, 6.45) is 1.85. The van der Waals surface area contributed by atoms with Gasteiger partial charge in [0.15, 0.2) is 5.82 Å². The number of hydrogen-bond donors (Lipinski definition) is 4. The van der Waals surface area contributed by atoms with Crippen LogP contribution in [-0.2, 0) is 0 Å². The molecule has 1 fully saturated rings. The molecule has 28 heavy (non-hydrogen) atoms. The van der Waals surface area contributed by atoms with Gasteiger partial charge in [0.2, 0.25) is 0 Å². The Bertz CT molecular complexity index is 959. The highest BCUT2D eigenvalue weighted by Crippen LogP contribution is 2.26. The predicted molar refractivity (Wildman–Crippen MR) is 103 cm³/mol. The third kappa shape index (κ3) is 4.15. The summed E-state index contributed by atoms with van der Waals surface area (Å²) in [6, 6.07) is 5.70. The van der Waals surface area contributed by atoms with Crippen LogP contribution in [0.3, 0.4) is 0 Å². The summed E-state index contributed by atoms with van der Waals surface area (Å²) < 4.78 is 27.2. The van der Waals surface area contributed by atoms with Gasteiger partial charge < -0.3 is 21.4 Å². The van der Waals surface area contributed by atoms with Gasteiger partial charge in [0.1, 0.15) is 11.6 Å². The van der Waals surface area contributed by atoms with E-state index in [-0.39, 0.29) is 29.3 Å². The Morgan fingerprint density at radius 1 is 1.36 bits per heavy atom. The Hall–Kier alpha value is -3.33. The number of aromatic nitrogens is 1. The van der Waals surface area contributed by atoms with Crippen LogP contribution in [0.25, 0.3) is 11.3 Å². The largest absolute Gasteiger partial charge is 0.396 e. The molecule has 0 radical (unpaired) electrons. The third-order valence-electron chi connectivity index (χ3n) is 4.30. The van der Waals surface area contributed by atoms with Crippen LogP contribution in [0.15, 0.2) is 42.1 Å². The molecule has 0 atom stereocenters. The normalized spacial score (nSPS) is 15.3. The predicted octanol–water partition coefficient (Wildman–Crippen LogP) is 1.94. The number of urea groups is 1. The summed E-state index contributed by atoms with van der Waals surface area (Å²) in [4.78, 5) is 18.2. The maximum atomic E-state index is 14.0. The van der Waals surface area contributed by atoms with Crippen molar-refractivity contribution in [3.63, 3.8) is 0 Å². The summed E-state index contributed by atoms with van der Waals surface area (Å²) >= 11 is 0. The van der Waals surface area contributed by atoms with Crippen molar-refractivity contribution in [3.8, 4) is 11.3 Å². The number of pyridine rings is 1. The van der Waals surface area contributed by atoms with E-state index in [4.69, 9.17) is 11.1 Å². The van der Waals surface area contributed by atoms with Crippen LogP contribution < -0.4 is 16.4 Å². The van der Waals surface area contributed by atoms with Crippen LogP contribution in [-0.4, -0.2) is 41.3 Å². The zero-order chi connectivity index (χ0) is 20.3. The minimum Gasteiger partial charge on any atom is -0.396 e. The van der Waals surface area contributed by atoms with E-state index in [2.05, 4.69) is 10.3 Å². The number of quaternary nitrogens is 1. The zero-order valence-electron chi connectivity index (χ0n) is 15.3. The number of benzene rings is 1. The lowest BCUT2D eigenvalue weighted by atomic mass is 10.1. The van der Waals surface area contributed by atoms with E-state index < -0.39 is 17.7 Å². The number of carbonyl (C=O) groups is 1. The summed E-state index contributed by atoms with van der Waals surface area (Å²) in [6.45, 7) is 3.33. The number of rotatable bonds is 4. The first-order chi connectivity index (χ1) is 13.4. The molecular formula is C19H21F2N6O+. The lowest BCUT2D eigenvalue weighted by Crippen LogP contribution is -2.77. The van der Waals surface area contributed by atoms with Crippen molar-refractivity contribution in [2.75, 3.05) is 30.7 Å². The summed E-state index contributed by atoms with van der Waals surface area (Å²) in [5, 5.41) is 12.5. The molecule has 1 saturated heterocycles. The number of amides is 2. The maximum Gasteiger partial charge on any atom is 0.323 e. The van der Waals surface area contributed by atoms with Crippen molar-refractivity contribution in [1.29, 1.82) is 5.41 Å². The number of anilines is 2. The molecule has 1 aromatic heterocycles. The van der Waals surface area contributed by atoms with E-state index in [0.717, 1.165) is 24.3 Å². The molecule has 1 aliphatic rings. The van der Waals surface area contributed by atoms with Gasteiger partial charge in [0.05, 0.1) is 42.9 Å². The number of likely N-dealkylation sites (tertiary alicyclic amines) is 1. The molecule has 1 aromatic carbocycles. The Balaban J connectivity index is 1.79. The number of halogens is 2. The fourth-order valence-corrected chi connectivity index (χ4v) is 2.80. The first-order valence-electron chi connectivity index (χ1n) is 8.77. The van der Waals surface area contributed by atoms with E-state index in [0.29, 0.717) is 12.3 Å². The molecular weight excluding hydrogens is 366 g/mol. The number of nitrogens with one attached hydrogen (secondary N) is 2. The van der Waals surface area contributed by atoms with E-state index in [1.54, 1.807) is 0 Å². The maximum absolute atomic E-state index is 14.0. The fourth-order valence-electron chi connectivity index (χ4n) is 2.80. The Morgan fingerprint density at radius 2 is 2.14 bits per heavy atom. The highest BCUT2D eigenvalue weighted by Gasteiger charge is 2.27. The van der Waals surface area contributed by atoms with E-state index in [1.807, 2.05) is 18.4 Å². The zero-order valence-corrected chi connectivity index (χ0v) is 15.3. The molecule has 1 aliphatic heterocycles. The van der Waals surface area contributed by atoms with Crippen molar-refractivity contribution >= 4 is 23.2 Å². The second-order valence-electron chi connectivity index (χ2n) is 6.36. The van der Waals surface area contributed by atoms with Gasteiger partial charge in [0.25, 0.3) is 0 Å². The van der Waals surface area contributed by atoms with Crippen molar-refractivity contribution in [2.45, 2.75) is 6.92 Å². The number of nitrogen functional groups attached to an aromatic ring is 1. The van der Waals surface area contributed by atoms with Gasteiger partial charge in [-0.25, -0.2) is 18.6 Å². The molecule has 2 heterocycles. The smallest absolute Gasteiger partial charge is 0.323 e. The highest BCUT2D eigenvalue weighted by atomic mass is 19.1. The van der Waals surface area contributed by atoms with Crippen molar-refractivity contribution < 1.29 is 18.9 Å². The van der Waals surface area contributed by atoms with E-state index in [1.165, 1.54) is 23.1 Å². The topological polar surface area (TPSA) is 112 Å². The van der Waals surface area contributed by atoms with Crippen LogP contribution in [0.4, 0.5) is 25.1 Å². The van der Waals surface area contributed by atoms with E-state index in [9.17, 15) is 13.6 Å². The summed E-state index contributed by atoms with van der Waals surface area (Å²) in [5.41, 5.74) is 7.57. The van der Waals surface area contributed by atoms with Crippen molar-refractivity contribution in [2.24, 2.45) is 0 Å². The molecule has 2 aromatic rings. The number of nitrogens with two attached hydrogens (primary N) is 2. The standard InChI is InChI=1S/C19H20F2N6O/c1-2-24-8-11-9-27(10-16(11)23)19(28)26-18-15(22)5-6-17(25-18)13-4-3-12(20)7-14(13)21/h3-8,23-24H,2,9-10,22H2,1H3,(H,25,26,28)/p+1/b11-8-,23-16?. The van der Waals surface area contributed by atoms with Gasteiger partial charge in [0, 0.05) is 17.2 Å². The molecule has 146 valence electrons. The molecule has 2 amide bonds. The first kappa shape index (κ1) is 19.4. The van der Waals surface area contributed by atoms with Crippen LogP contribution in [0.5, 0.6) is 0 Å². The molecule has 0 bridgehead atoms. The van der Waals surface area contributed by atoms with Gasteiger partial charge in [-0.15, -0.1) is 0 Å². The Morgan fingerprint density at radius 3 is 2.86 bits per heavy atom. The van der Waals surface area contributed by atoms with Crippen LogP contribution in [0, 0.1) is 17.0 Å². The highest BCUT2D eigenvalue weighted by molar-refractivity contribution is 6.06. The monoisotopic (exact) mass is 387 g/mol. The molecule has 0 saturated carbocycles. The molecule has 3 rings (SSSR count). The van der Waals surface area contributed by atoms with Gasteiger partial charge >= 0.3 is 6.03 Å². The number of carbonyl (C=O) groups excluding carboxylic acids is 1. The fraction of sp³-hybridized carbons (Fsp3) is 0.211. The van der Waals surface area contributed by atoms with Crippen LogP contribution >= 0.6 is 0 Å². The molecule has 0 unspecified atom stereocenters. The minimum absolute atomic E-state index is 0.0790. The Kier molecular flexibility index (Phi) is 5.65. The van der Waals surface area contributed by atoms with Gasteiger partial charge in [-0.1, -0.05) is 0 Å². The van der Waals surface area contributed by atoms with E-state index >= 15 is 0 Å². The van der Waals surface area contributed by atoms with Gasteiger partial charge in [-0.05, 0) is 31.2 Å². The quantitative estimate of drug-likeness (QED) is 0.643. The van der Waals surface area contributed by atoms with Crippen LogP contribution in [0.1, 0.15) is 6.92 Å². The summed E-state index contributed by atoms with van der Waals surface area (Å²) in [7, 11) is 0. The Labute approximate surface area is 160 Å². The lowest BCUT2D eigenvalue weighted by molar-refractivity contribution is -0.584. The van der Waals surface area contributed by atoms with Crippen molar-refractivity contribution in [1.82, 2.24) is 9.88 Å². The average molecular weight is 387 g/mol. The molecule has 0 aliphatic carbocycles. The second-order valence-corrected chi connectivity index (χ2v) is 6.36. The SMILES string of the molecule is CC[NH2+]/C=C1/CN(C(=O)Nc2nc(-c3ccc(F)cc3F)ccc2N)CC1=N. The number of hydrogen-bond acceptors (Lipinski definition) is 4. The molecule has 0 spiro atoms. The van der Waals surface area contributed by atoms with Crippen molar-refractivity contribution in [3.05, 3.63) is 53.7 Å². The van der Waals surface area contributed by atoms with Crippen LogP contribution in [0.2, 0.25) is 0 Å². The lowest BCUT2D eigenvalue weighted by Gasteiger charge is -2.16. The summed E-state index contributed by atoms with van der Waals surface area (Å²) in [5.74, 6) is -1.37. The second kappa shape index (κ2) is 8.13. The molecule has 9 heteroatoms. The first-order valence-corrected chi connectivity index (χ1v) is 8.77. The number of nitrogens with zero attached hydrogens (tertiary/aromatic N) is 2. The van der Waals surface area contributed by atoms with Gasteiger partial charge in [-0.2, -0.15) is 0 Å².